The number of carbonyl (C=O) groups excluding carboxylic acids is 2. The summed E-state index contributed by atoms with van der Waals surface area (Å²) < 4.78 is 6.69. The molecule has 0 spiro atoms. The van der Waals surface area contributed by atoms with Gasteiger partial charge in [0.1, 0.15) is 5.75 Å². The molecule has 0 unspecified atom stereocenters. The van der Waals surface area contributed by atoms with Gasteiger partial charge in [-0.15, -0.1) is 16.4 Å². The van der Waals surface area contributed by atoms with Crippen molar-refractivity contribution in [3.05, 3.63) is 59.0 Å². The normalized spacial score (nSPS) is 10.7. The highest BCUT2D eigenvalue weighted by atomic mass is 32.2. The lowest BCUT2D eigenvalue weighted by Crippen LogP contribution is -2.15. The average molecular weight is 496 g/mol. The number of ether oxygens (including phenoxy) is 1. The Balaban J connectivity index is 1.34. The number of nitrogens with one attached hydrogen (secondary N) is 2. The number of carbonyl (C=O) groups is 2. The van der Waals surface area contributed by atoms with E-state index in [1.807, 2.05) is 31.2 Å². The van der Waals surface area contributed by atoms with Crippen LogP contribution in [0.3, 0.4) is 0 Å². The fourth-order valence-corrected chi connectivity index (χ4v) is 4.49. The van der Waals surface area contributed by atoms with Gasteiger partial charge < -0.3 is 10.1 Å². The van der Waals surface area contributed by atoms with Gasteiger partial charge >= 0.3 is 0 Å². The molecule has 2 aromatic heterocycles. The molecule has 34 heavy (non-hydrogen) atoms. The molecule has 0 atom stereocenters. The summed E-state index contributed by atoms with van der Waals surface area (Å²) in [4.78, 5) is 30.4. The predicted molar refractivity (Wildman–Crippen MR) is 131 cm³/mol. The summed E-state index contributed by atoms with van der Waals surface area (Å²) in [6.45, 7) is 1.96. The summed E-state index contributed by atoms with van der Waals surface area (Å²) in [6, 6.07) is 14.3. The molecule has 12 heteroatoms. The van der Waals surface area contributed by atoms with Crippen LogP contribution in [0, 0.1) is 6.92 Å². The van der Waals surface area contributed by atoms with Crippen molar-refractivity contribution in [3.8, 4) is 17.0 Å². The van der Waals surface area contributed by atoms with E-state index in [2.05, 4.69) is 31.1 Å². The van der Waals surface area contributed by atoms with Gasteiger partial charge in [0.2, 0.25) is 11.1 Å². The minimum Gasteiger partial charge on any atom is -0.497 e. The second-order valence-electron chi connectivity index (χ2n) is 7.11. The average Bonchev–Trinajstić information content (AvgIpc) is 3.42. The van der Waals surface area contributed by atoms with Crippen LogP contribution in [0.25, 0.3) is 11.3 Å². The fourth-order valence-electron chi connectivity index (χ4n) is 3.01. The molecule has 2 heterocycles. The molecule has 4 rings (SSSR count). The van der Waals surface area contributed by atoms with E-state index in [4.69, 9.17) is 4.74 Å². The van der Waals surface area contributed by atoms with Crippen LogP contribution in [-0.4, -0.2) is 49.9 Å². The number of aryl methyl sites for hydroxylation is 2. The second-order valence-corrected chi connectivity index (χ2v) is 9.25. The van der Waals surface area contributed by atoms with Crippen LogP contribution in [0.15, 0.2) is 53.7 Å². The summed E-state index contributed by atoms with van der Waals surface area (Å²) in [6.07, 6.45) is 0. The van der Waals surface area contributed by atoms with E-state index in [1.165, 1.54) is 27.8 Å². The van der Waals surface area contributed by atoms with Gasteiger partial charge in [0.25, 0.3) is 5.91 Å². The van der Waals surface area contributed by atoms with Crippen molar-refractivity contribution in [2.24, 2.45) is 7.05 Å². The van der Waals surface area contributed by atoms with E-state index in [-0.39, 0.29) is 17.6 Å². The van der Waals surface area contributed by atoms with Crippen LogP contribution >= 0.6 is 23.1 Å². The van der Waals surface area contributed by atoms with E-state index in [0.717, 1.165) is 21.9 Å². The standard InChI is InChI=1S/C22H21N7O3S2/c1-13-19(14-6-10-17(32-3)11-7-14)24-21(34-13)25-20(31)15-4-8-16(9-5-15)23-18(30)12-33-22-26-27-28-29(22)2/h4-11H,12H2,1-3H3,(H,23,30)(H,24,25,31). The summed E-state index contributed by atoms with van der Waals surface area (Å²) in [5.74, 6) is 0.454. The number of nitrogens with zero attached hydrogens (tertiary/aromatic N) is 5. The number of rotatable bonds is 8. The van der Waals surface area contributed by atoms with Gasteiger partial charge in [0.15, 0.2) is 5.13 Å². The number of amides is 2. The first-order valence-corrected chi connectivity index (χ1v) is 11.9. The van der Waals surface area contributed by atoms with Crippen LogP contribution < -0.4 is 15.4 Å². The van der Waals surface area contributed by atoms with Gasteiger partial charge in [-0.1, -0.05) is 11.8 Å². The van der Waals surface area contributed by atoms with E-state index in [0.29, 0.717) is 21.5 Å². The van der Waals surface area contributed by atoms with Crippen LogP contribution in [0.2, 0.25) is 0 Å². The first-order chi connectivity index (χ1) is 16.4. The maximum Gasteiger partial charge on any atom is 0.257 e. The number of hydrogen-bond donors (Lipinski definition) is 2. The Morgan fingerprint density at radius 3 is 2.47 bits per heavy atom. The summed E-state index contributed by atoms with van der Waals surface area (Å²) >= 11 is 2.64. The molecule has 0 aliphatic rings. The Morgan fingerprint density at radius 2 is 1.82 bits per heavy atom. The van der Waals surface area contributed by atoms with E-state index >= 15 is 0 Å². The number of thioether (sulfide) groups is 1. The predicted octanol–water partition coefficient (Wildman–Crippen LogP) is 3.63. The molecule has 0 fully saturated rings. The topological polar surface area (TPSA) is 124 Å². The van der Waals surface area contributed by atoms with E-state index in [1.54, 1.807) is 38.4 Å². The van der Waals surface area contributed by atoms with Crippen molar-refractivity contribution in [1.29, 1.82) is 0 Å². The van der Waals surface area contributed by atoms with Crippen molar-refractivity contribution in [2.75, 3.05) is 23.5 Å². The monoisotopic (exact) mass is 495 g/mol. The zero-order valence-electron chi connectivity index (χ0n) is 18.6. The van der Waals surface area contributed by atoms with Crippen molar-refractivity contribution in [3.63, 3.8) is 0 Å². The van der Waals surface area contributed by atoms with Gasteiger partial charge in [0, 0.05) is 28.7 Å². The largest absolute Gasteiger partial charge is 0.497 e. The lowest BCUT2D eigenvalue weighted by molar-refractivity contribution is -0.113. The summed E-state index contributed by atoms with van der Waals surface area (Å²) in [5.41, 5.74) is 2.81. The zero-order valence-corrected chi connectivity index (χ0v) is 20.2. The molecule has 0 bridgehead atoms. The SMILES string of the molecule is COc1ccc(-c2nc(NC(=O)c3ccc(NC(=O)CSc4nnnn4C)cc3)sc2C)cc1. The number of methoxy groups -OCH3 is 1. The second kappa shape index (κ2) is 10.4. The third kappa shape index (κ3) is 5.58. The van der Waals surface area contributed by atoms with Gasteiger partial charge in [0.05, 0.1) is 18.6 Å². The van der Waals surface area contributed by atoms with Crippen LogP contribution in [-0.2, 0) is 11.8 Å². The van der Waals surface area contributed by atoms with Gasteiger partial charge in [-0.3, -0.25) is 14.9 Å². The number of aromatic nitrogens is 5. The third-order valence-electron chi connectivity index (χ3n) is 4.72. The van der Waals surface area contributed by atoms with Crippen molar-refractivity contribution in [2.45, 2.75) is 12.1 Å². The van der Waals surface area contributed by atoms with Crippen molar-refractivity contribution < 1.29 is 14.3 Å². The molecule has 0 saturated heterocycles. The summed E-state index contributed by atoms with van der Waals surface area (Å²) in [7, 11) is 3.33. The minimum atomic E-state index is -0.279. The highest BCUT2D eigenvalue weighted by Gasteiger charge is 2.14. The highest BCUT2D eigenvalue weighted by Crippen LogP contribution is 2.31. The molecule has 0 radical (unpaired) electrons. The number of benzene rings is 2. The molecule has 2 N–H and O–H groups in total. The maximum absolute atomic E-state index is 12.7. The first-order valence-electron chi connectivity index (χ1n) is 10.1. The lowest BCUT2D eigenvalue weighted by Gasteiger charge is -2.06. The zero-order chi connectivity index (χ0) is 24.1. The molecule has 174 valence electrons. The first kappa shape index (κ1) is 23.4. The van der Waals surface area contributed by atoms with Crippen molar-refractivity contribution >= 4 is 45.7 Å². The van der Waals surface area contributed by atoms with Gasteiger partial charge in [-0.2, -0.15) is 0 Å². The van der Waals surface area contributed by atoms with E-state index in [9.17, 15) is 9.59 Å². The highest BCUT2D eigenvalue weighted by molar-refractivity contribution is 7.99. The number of thiazole rings is 1. The smallest absolute Gasteiger partial charge is 0.257 e. The quantitative estimate of drug-likeness (QED) is 0.355. The number of tetrazole rings is 1. The third-order valence-corrected chi connectivity index (χ3v) is 6.62. The van der Waals surface area contributed by atoms with Crippen LogP contribution in [0.5, 0.6) is 5.75 Å². The number of anilines is 2. The molecule has 0 saturated carbocycles. The maximum atomic E-state index is 12.7. The molecule has 2 aromatic carbocycles. The molecule has 10 nitrogen and oxygen atoms in total. The Bertz CT molecular complexity index is 1300. The molecule has 0 aliphatic carbocycles. The Kier molecular flexibility index (Phi) is 7.18. The van der Waals surface area contributed by atoms with Gasteiger partial charge in [-0.05, 0) is 65.9 Å². The lowest BCUT2D eigenvalue weighted by atomic mass is 10.1. The van der Waals surface area contributed by atoms with Gasteiger partial charge in [-0.25, -0.2) is 9.67 Å². The summed E-state index contributed by atoms with van der Waals surface area (Å²) in [5, 5.41) is 17.8. The Hall–Kier alpha value is -3.77. The molecular weight excluding hydrogens is 474 g/mol. The van der Waals surface area contributed by atoms with Crippen LogP contribution in [0.4, 0.5) is 10.8 Å². The molecule has 2 amide bonds. The molecule has 0 aliphatic heterocycles. The minimum absolute atomic E-state index is 0.163. The Labute approximate surface area is 203 Å². The molecule has 4 aromatic rings. The number of hydrogen-bond acceptors (Lipinski definition) is 9. The molecular formula is C22H21N7O3S2. The van der Waals surface area contributed by atoms with Crippen LogP contribution in [0.1, 0.15) is 15.2 Å². The Morgan fingerprint density at radius 1 is 1.09 bits per heavy atom. The van der Waals surface area contributed by atoms with E-state index < -0.39 is 0 Å². The fraction of sp³-hybridized carbons (Fsp3) is 0.182. The van der Waals surface area contributed by atoms with Crippen molar-refractivity contribution in [1.82, 2.24) is 25.2 Å².